The first-order valence-electron chi connectivity index (χ1n) is 6.31. The van der Waals surface area contributed by atoms with Gasteiger partial charge in [0.25, 0.3) is 0 Å². The molecule has 2 aromatic carbocycles. The molecule has 5 heteroatoms. The molecule has 0 saturated carbocycles. The van der Waals surface area contributed by atoms with Crippen LogP contribution in [0.2, 0.25) is 0 Å². The number of hydrogen-bond acceptors (Lipinski definition) is 4. The quantitative estimate of drug-likeness (QED) is 0.825. The highest BCUT2D eigenvalue weighted by Crippen LogP contribution is 2.27. The molecule has 0 unspecified atom stereocenters. The second-order valence-corrected chi connectivity index (χ2v) is 5.35. The number of methoxy groups -OCH3 is 2. The molecule has 0 heterocycles. The molecule has 0 saturated heterocycles. The summed E-state index contributed by atoms with van der Waals surface area (Å²) in [5.74, 6) is 0.900. The van der Waals surface area contributed by atoms with Crippen molar-refractivity contribution in [1.82, 2.24) is 0 Å². The van der Waals surface area contributed by atoms with Gasteiger partial charge in [-0.05, 0) is 42.0 Å². The number of carboxylic acid groups (broad SMARTS) is 1. The predicted octanol–water partition coefficient (Wildman–Crippen LogP) is 3.69. The number of hydrogen-bond donors (Lipinski definition) is 1. The molecular weight excluding hydrogens is 288 g/mol. The second kappa shape index (κ2) is 7.04. The van der Waals surface area contributed by atoms with Crippen molar-refractivity contribution in [2.24, 2.45) is 0 Å². The van der Waals surface area contributed by atoms with Gasteiger partial charge in [0.05, 0.1) is 14.2 Å². The maximum atomic E-state index is 11.2. The number of rotatable bonds is 6. The Morgan fingerprint density at radius 1 is 1.10 bits per heavy atom. The average molecular weight is 304 g/mol. The van der Waals surface area contributed by atoms with Crippen molar-refractivity contribution in [2.75, 3.05) is 14.2 Å². The summed E-state index contributed by atoms with van der Waals surface area (Å²) in [5, 5.41) is 9.16. The summed E-state index contributed by atoms with van der Waals surface area (Å²) in [6, 6.07) is 13.0. The van der Waals surface area contributed by atoms with Crippen LogP contribution in [0.4, 0.5) is 0 Å². The van der Waals surface area contributed by atoms with Crippen molar-refractivity contribution in [2.45, 2.75) is 10.6 Å². The lowest BCUT2D eigenvalue weighted by Crippen LogP contribution is -2.01. The second-order valence-electron chi connectivity index (χ2n) is 4.30. The summed E-state index contributed by atoms with van der Waals surface area (Å²) >= 11 is 1.64. The van der Waals surface area contributed by atoms with E-state index in [4.69, 9.17) is 14.6 Å². The van der Waals surface area contributed by atoms with E-state index < -0.39 is 5.97 Å². The topological polar surface area (TPSA) is 55.8 Å². The van der Waals surface area contributed by atoms with Crippen LogP contribution < -0.4 is 9.47 Å². The summed E-state index contributed by atoms with van der Waals surface area (Å²) in [6.45, 7) is 0. The molecule has 2 aromatic rings. The largest absolute Gasteiger partial charge is 0.497 e. The minimum atomic E-state index is -0.983. The molecule has 2 rings (SSSR count). The number of carbonyl (C=O) groups is 1. The highest BCUT2D eigenvalue weighted by Gasteiger charge is 2.11. The Hall–Kier alpha value is -2.14. The van der Waals surface area contributed by atoms with E-state index in [1.165, 1.54) is 7.11 Å². The molecular formula is C16H16O4S. The molecule has 0 radical (unpaired) electrons. The fourth-order valence-corrected chi connectivity index (χ4v) is 2.69. The monoisotopic (exact) mass is 304 g/mol. The first kappa shape index (κ1) is 15.3. The van der Waals surface area contributed by atoms with Gasteiger partial charge in [0.2, 0.25) is 0 Å². The molecule has 0 aliphatic carbocycles. The van der Waals surface area contributed by atoms with Crippen LogP contribution in [-0.2, 0) is 5.75 Å². The van der Waals surface area contributed by atoms with Gasteiger partial charge in [0.1, 0.15) is 17.1 Å². The van der Waals surface area contributed by atoms with Gasteiger partial charge in [-0.1, -0.05) is 6.07 Å². The van der Waals surface area contributed by atoms with Gasteiger partial charge in [-0.3, -0.25) is 0 Å². The van der Waals surface area contributed by atoms with Crippen LogP contribution in [0.5, 0.6) is 11.5 Å². The van der Waals surface area contributed by atoms with Gasteiger partial charge in [0.15, 0.2) is 0 Å². The number of aromatic carboxylic acids is 1. The molecule has 110 valence electrons. The van der Waals surface area contributed by atoms with Crippen LogP contribution in [0.3, 0.4) is 0 Å². The third kappa shape index (κ3) is 3.92. The third-order valence-corrected chi connectivity index (χ3v) is 4.04. The number of carboxylic acids is 1. The Morgan fingerprint density at radius 3 is 2.38 bits per heavy atom. The SMILES string of the molecule is COc1ccc(SCc2ccc(OC)c(C(=O)O)c2)cc1. The van der Waals surface area contributed by atoms with E-state index in [0.29, 0.717) is 11.5 Å². The van der Waals surface area contributed by atoms with Gasteiger partial charge >= 0.3 is 5.97 Å². The molecule has 0 spiro atoms. The molecule has 0 fully saturated rings. The molecule has 21 heavy (non-hydrogen) atoms. The lowest BCUT2D eigenvalue weighted by Gasteiger charge is -2.08. The van der Waals surface area contributed by atoms with E-state index >= 15 is 0 Å². The van der Waals surface area contributed by atoms with Crippen LogP contribution in [0.25, 0.3) is 0 Å². The number of ether oxygens (including phenoxy) is 2. The summed E-state index contributed by atoms with van der Waals surface area (Å²) in [7, 11) is 3.10. The van der Waals surface area contributed by atoms with E-state index in [2.05, 4.69) is 0 Å². The Balaban J connectivity index is 2.08. The normalized spacial score (nSPS) is 10.2. The smallest absolute Gasteiger partial charge is 0.339 e. The lowest BCUT2D eigenvalue weighted by atomic mass is 10.1. The molecule has 1 N–H and O–H groups in total. The predicted molar refractivity (Wildman–Crippen MR) is 82.5 cm³/mol. The number of benzene rings is 2. The first-order valence-corrected chi connectivity index (χ1v) is 7.29. The van der Waals surface area contributed by atoms with E-state index in [-0.39, 0.29) is 5.56 Å². The first-order chi connectivity index (χ1) is 10.1. The maximum Gasteiger partial charge on any atom is 0.339 e. The summed E-state index contributed by atoms with van der Waals surface area (Å²) in [6.07, 6.45) is 0. The van der Waals surface area contributed by atoms with E-state index in [1.54, 1.807) is 31.0 Å². The molecule has 4 nitrogen and oxygen atoms in total. The van der Waals surface area contributed by atoms with Crippen molar-refractivity contribution < 1.29 is 19.4 Å². The number of thioether (sulfide) groups is 1. The van der Waals surface area contributed by atoms with Crippen molar-refractivity contribution in [3.8, 4) is 11.5 Å². The van der Waals surface area contributed by atoms with Gasteiger partial charge in [0, 0.05) is 10.6 Å². The van der Waals surface area contributed by atoms with E-state index in [1.807, 2.05) is 30.3 Å². The minimum absolute atomic E-state index is 0.185. The summed E-state index contributed by atoms with van der Waals surface area (Å²) in [5.41, 5.74) is 1.12. The molecule has 0 atom stereocenters. The molecule has 0 bridgehead atoms. The third-order valence-electron chi connectivity index (χ3n) is 2.96. The minimum Gasteiger partial charge on any atom is -0.497 e. The van der Waals surface area contributed by atoms with Crippen molar-refractivity contribution >= 4 is 17.7 Å². The molecule has 0 aliphatic heterocycles. The Morgan fingerprint density at radius 2 is 1.81 bits per heavy atom. The molecule has 0 aromatic heterocycles. The average Bonchev–Trinajstić information content (AvgIpc) is 2.53. The zero-order chi connectivity index (χ0) is 15.2. The fraction of sp³-hybridized carbons (Fsp3) is 0.188. The zero-order valence-corrected chi connectivity index (χ0v) is 12.6. The Kier molecular flexibility index (Phi) is 5.11. The lowest BCUT2D eigenvalue weighted by molar-refractivity contribution is 0.0693. The zero-order valence-electron chi connectivity index (χ0n) is 11.8. The highest BCUT2D eigenvalue weighted by atomic mass is 32.2. The van der Waals surface area contributed by atoms with Gasteiger partial charge in [-0.15, -0.1) is 11.8 Å². The Bertz CT molecular complexity index is 623. The summed E-state index contributed by atoms with van der Waals surface area (Å²) in [4.78, 5) is 12.3. The van der Waals surface area contributed by atoms with Crippen LogP contribution in [0, 0.1) is 0 Å². The van der Waals surface area contributed by atoms with E-state index in [9.17, 15) is 4.79 Å². The van der Waals surface area contributed by atoms with Crippen molar-refractivity contribution in [1.29, 1.82) is 0 Å². The van der Waals surface area contributed by atoms with Crippen LogP contribution in [0.1, 0.15) is 15.9 Å². The highest BCUT2D eigenvalue weighted by molar-refractivity contribution is 7.98. The van der Waals surface area contributed by atoms with Gasteiger partial charge in [-0.2, -0.15) is 0 Å². The Labute approximate surface area is 127 Å². The molecule has 0 amide bonds. The van der Waals surface area contributed by atoms with Gasteiger partial charge < -0.3 is 14.6 Å². The standard InChI is InChI=1S/C16H16O4S/c1-19-12-4-6-13(7-5-12)21-10-11-3-8-15(20-2)14(9-11)16(17)18/h3-9H,10H2,1-2H3,(H,17,18). The van der Waals surface area contributed by atoms with Crippen molar-refractivity contribution in [3.63, 3.8) is 0 Å². The summed E-state index contributed by atoms with van der Waals surface area (Å²) < 4.78 is 10.2. The van der Waals surface area contributed by atoms with Crippen LogP contribution >= 0.6 is 11.8 Å². The maximum absolute atomic E-state index is 11.2. The fourth-order valence-electron chi connectivity index (χ4n) is 1.85. The van der Waals surface area contributed by atoms with Crippen LogP contribution in [-0.4, -0.2) is 25.3 Å². The van der Waals surface area contributed by atoms with Crippen molar-refractivity contribution in [3.05, 3.63) is 53.6 Å². The van der Waals surface area contributed by atoms with E-state index in [0.717, 1.165) is 16.2 Å². The van der Waals surface area contributed by atoms with Gasteiger partial charge in [-0.25, -0.2) is 4.79 Å². The van der Waals surface area contributed by atoms with Crippen LogP contribution in [0.15, 0.2) is 47.4 Å². The molecule has 0 aliphatic rings.